The number of aliphatic imine (C=N–C) groups is 1. The number of nitrogens with one attached hydrogen (secondary N) is 2. The molecule has 0 spiro atoms. The molecule has 0 aliphatic heterocycles. The maximum absolute atomic E-state index is 10.0. The quantitative estimate of drug-likeness (QED) is 0.413. The van der Waals surface area contributed by atoms with Crippen LogP contribution in [0.25, 0.3) is 0 Å². The number of hydrogen-bond acceptors (Lipinski definition) is 4. The Labute approximate surface area is 152 Å². The molecule has 1 saturated carbocycles. The van der Waals surface area contributed by atoms with Crippen molar-refractivity contribution >= 4 is 17.7 Å². The van der Waals surface area contributed by atoms with E-state index in [-0.39, 0.29) is 0 Å². The molecule has 5 nitrogen and oxygen atoms in total. The molecule has 0 aromatic rings. The molecule has 1 aliphatic rings. The first kappa shape index (κ1) is 21.6. The van der Waals surface area contributed by atoms with Gasteiger partial charge in [0.15, 0.2) is 5.96 Å². The van der Waals surface area contributed by atoms with E-state index >= 15 is 0 Å². The summed E-state index contributed by atoms with van der Waals surface area (Å²) in [5.41, 5.74) is 0. The van der Waals surface area contributed by atoms with Crippen LogP contribution in [0.1, 0.15) is 53.4 Å². The number of aliphatic hydroxyl groups is 1. The van der Waals surface area contributed by atoms with Crippen molar-refractivity contribution in [1.29, 1.82) is 0 Å². The third-order valence-electron chi connectivity index (χ3n) is 3.94. The molecule has 3 atom stereocenters. The van der Waals surface area contributed by atoms with Gasteiger partial charge in [0.05, 0.1) is 19.3 Å². The molecule has 0 radical (unpaired) electrons. The first-order chi connectivity index (χ1) is 11.5. The Bertz CT molecular complexity index is 351. The van der Waals surface area contributed by atoms with Gasteiger partial charge in [0.25, 0.3) is 0 Å². The fourth-order valence-electron chi connectivity index (χ4n) is 2.87. The van der Waals surface area contributed by atoms with E-state index in [0.717, 1.165) is 17.8 Å². The van der Waals surface area contributed by atoms with Crippen LogP contribution >= 0.6 is 11.8 Å². The highest BCUT2D eigenvalue weighted by atomic mass is 32.2. The lowest BCUT2D eigenvalue weighted by atomic mass is 9.95. The number of hydrogen-bond donors (Lipinski definition) is 3. The standard InChI is InChI=1S/C18H37N3O2S/c1-5-19-18(20-11-16(22)13-23-12-14(3)4)21-15-8-7-9-17(10-15)24-6-2/h14-17,22H,5-13H2,1-4H3,(H2,19,20,21). The number of guanidine groups is 1. The Hall–Kier alpha value is -0.460. The summed E-state index contributed by atoms with van der Waals surface area (Å²) in [5, 5.41) is 17.6. The second kappa shape index (κ2) is 12.8. The average molecular weight is 360 g/mol. The maximum Gasteiger partial charge on any atom is 0.191 e. The summed E-state index contributed by atoms with van der Waals surface area (Å²) >= 11 is 2.07. The van der Waals surface area contributed by atoms with Crippen LogP contribution < -0.4 is 10.6 Å². The van der Waals surface area contributed by atoms with Crippen molar-refractivity contribution in [2.75, 3.05) is 32.1 Å². The van der Waals surface area contributed by atoms with Gasteiger partial charge in [-0.05, 0) is 37.9 Å². The minimum absolute atomic E-state index is 0.347. The number of thioether (sulfide) groups is 1. The van der Waals surface area contributed by atoms with E-state index in [4.69, 9.17) is 4.74 Å². The van der Waals surface area contributed by atoms with Crippen molar-refractivity contribution < 1.29 is 9.84 Å². The fourth-order valence-corrected chi connectivity index (χ4v) is 4.04. The molecule has 1 aliphatic carbocycles. The van der Waals surface area contributed by atoms with Crippen LogP contribution in [0.4, 0.5) is 0 Å². The van der Waals surface area contributed by atoms with Crippen LogP contribution in [-0.2, 0) is 4.74 Å². The van der Waals surface area contributed by atoms with Crippen molar-refractivity contribution in [2.24, 2.45) is 10.9 Å². The maximum atomic E-state index is 10.0. The minimum Gasteiger partial charge on any atom is -0.389 e. The molecule has 3 N–H and O–H groups in total. The number of aliphatic hydroxyl groups excluding tert-OH is 1. The van der Waals surface area contributed by atoms with Crippen LogP contribution in [-0.4, -0.2) is 60.5 Å². The Kier molecular flexibility index (Phi) is 11.5. The van der Waals surface area contributed by atoms with Crippen LogP contribution in [0.5, 0.6) is 0 Å². The number of rotatable bonds is 10. The SMILES string of the molecule is CCNC(=NCC(O)COCC(C)C)NC1CCCC(SCC)C1. The molecule has 0 saturated heterocycles. The third-order valence-corrected chi connectivity index (χ3v) is 5.17. The molecule has 0 aromatic heterocycles. The van der Waals surface area contributed by atoms with Crippen molar-refractivity contribution in [3.05, 3.63) is 0 Å². The van der Waals surface area contributed by atoms with E-state index in [2.05, 4.69) is 55.1 Å². The molecule has 24 heavy (non-hydrogen) atoms. The summed E-state index contributed by atoms with van der Waals surface area (Å²) in [4.78, 5) is 4.53. The predicted molar refractivity (Wildman–Crippen MR) is 105 cm³/mol. The second-order valence-corrected chi connectivity index (χ2v) is 8.47. The van der Waals surface area contributed by atoms with Gasteiger partial charge in [0, 0.05) is 24.4 Å². The van der Waals surface area contributed by atoms with E-state index in [1.54, 1.807) is 0 Å². The van der Waals surface area contributed by atoms with E-state index in [1.165, 1.54) is 31.4 Å². The van der Waals surface area contributed by atoms with Gasteiger partial charge in [-0.2, -0.15) is 11.8 Å². The van der Waals surface area contributed by atoms with Crippen molar-refractivity contribution in [1.82, 2.24) is 10.6 Å². The summed E-state index contributed by atoms with van der Waals surface area (Å²) in [7, 11) is 0. The number of nitrogens with zero attached hydrogens (tertiary/aromatic N) is 1. The lowest BCUT2D eigenvalue weighted by molar-refractivity contribution is 0.0301. The summed E-state index contributed by atoms with van der Waals surface area (Å²) in [6.07, 6.45) is 4.46. The van der Waals surface area contributed by atoms with E-state index in [0.29, 0.717) is 31.7 Å². The van der Waals surface area contributed by atoms with Gasteiger partial charge in [-0.3, -0.25) is 4.99 Å². The molecule has 6 heteroatoms. The summed E-state index contributed by atoms with van der Waals surface area (Å²) in [5.74, 6) is 2.49. The van der Waals surface area contributed by atoms with Gasteiger partial charge >= 0.3 is 0 Å². The average Bonchev–Trinajstić information content (AvgIpc) is 2.53. The molecule has 0 bridgehead atoms. The first-order valence-electron chi connectivity index (χ1n) is 9.47. The van der Waals surface area contributed by atoms with Crippen LogP contribution in [0.2, 0.25) is 0 Å². The molecule has 3 unspecified atom stereocenters. The second-order valence-electron chi connectivity index (χ2n) is 6.89. The highest BCUT2D eigenvalue weighted by Gasteiger charge is 2.22. The highest BCUT2D eigenvalue weighted by molar-refractivity contribution is 7.99. The highest BCUT2D eigenvalue weighted by Crippen LogP contribution is 2.28. The Morgan fingerprint density at radius 2 is 2.08 bits per heavy atom. The smallest absolute Gasteiger partial charge is 0.191 e. The molecule has 0 amide bonds. The predicted octanol–water partition coefficient (Wildman–Crippen LogP) is 2.64. The van der Waals surface area contributed by atoms with Gasteiger partial charge in [0.2, 0.25) is 0 Å². The lowest BCUT2D eigenvalue weighted by Gasteiger charge is -2.30. The fraction of sp³-hybridized carbons (Fsp3) is 0.944. The van der Waals surface area contributed by atoms with E-state index in [1.807, 2.05) is 0 Å². The molecule has 0 aromatic carbocycles. The molecule has 1 rings (SSSR count). The van der Waals surface area contributed by atoms with Crippen molar-refractivity contribution in [2.45, 2.75) is 70.8 Å². The zero-order valence-corrected chi connectivity index (χ0v) is 16.7. The Morgan fingerprint density at radius 1 is 1.29 bits per heavy atom. The van der Waals surface area contributed by atoms with Crippen molar-refractivity contribution in [3.8, 4) is 0 Å². The number of ether oxygens (including phenoxy) is 1. The van der Waals surface area contributed by atoms with E-state index < -0.39 is 6.10 Å². The topological polar surface area (TPSA) is 65.9 Å². The van der Waals surface area contributed by atoms with Crippen LogP contribution in [0, 0.1) is 5.92 Å². The molecule has 0 heterocycles. The molecular formula is C18H37N3O2S. The third kappa shape index (κ3) is 9.74. The van der Waals surface area contributed by atoms with Gasteiger partial charge in [-0.15, -0.1) is 0 Å². The lowest BCUT2D eigenvalue weighted by Crippen LogP contribution is -2.46. The summed E-state index contributed by atoms with van der Waals surface area (Å²) in [6, 6.07) is 0.481. The van der Waals surface area contributed by atoms with Crippen molar-refractivity contribution in [3.63, 3.8) is 0 Å². The molecule has 1 fully saturated rings. The van der Waals surface area contributed by atoms with Gasteiger partial charge in [-0.25, -0.2) is 0 Å². The van der Waals surface area contributed by atoms with Gasteiger partial charge in [0.1, 0.15) is 0 Å². The first-order valence-corrected chi connectivity index (χ1v) is 10.5. The Morgan fingerprint density at radius 3 is 2.75 bits per heavy atom. The van der Waals surface area contributed by atoms with Crippen LogP contribution in [0.15, 0.2) is 4.99 Å². The Balaban J connectivity index is 2.41. The summed E-state index contributed by atoms with van der Waals surface area (Å²) < 4.78 is 5.48. The van der Waals surface area contributed by atoms with Crippen LogP contribution in [0.3, 0.4) is 0 Å². The monoisotopic (exact) mass is 359 g/mol. The summed E-state index contributed by atoms with van der Waals surface area (Å²) in [6.45, 7) is 10.7. The normalized spacial score (nSPS) is 23.3. The van der Waals surface area contributed by atoms with E-state index in [9.17, 15) is 5.11 Å². The zero-order valence-electron chi connectivity index (χ0n) is 15.9. The zero-order chi connectivity index (χ0) is 17.8. The van der Waals surface area contributed by atoms with Gasteiger partial charge in [-0.1, -0.05) is 27.2 Å². The van der Waals surface area contributed by atoms with Gasteiger partial charge < -0.3 is 20.5 Å². The molecule has 142 valence electrons. The molecular weight excluding hydrogens is 322 g/mol. The minimum atomic E-state index is -0.547. The largest absolute Gasteiger partial charge is 0.389 e.